The van der Waals surface area contributed by atoms with Crippen molar-refractivity contribution in [3.63, 3.8) is 0 Å². The predicted molar refractivity (Wildman–Crippen MR) is 45.7 cm³/mol. The van der Waals surface area contributed by atoms with E-state index in [1.165, 1.54) is 0 Å². The van der Waals surface area contributed by atoms with Crippen molar-refractivity contribution in [3.05, 3.63) is 56.5 Å². The van der Waals surface area contributed by atoms with Gasteiger partial charge in [-0.25, -0.2) is 0 Å². The van der Waals surface area contributed by atoms with Crippen LogP contribution in [-0.4, -0.2) is 9.97 Å². The smallest absolute Gasteiger partial charge is 0.484 e. The maximum atomic E-state index is 2.74. The normalized spacial score (nSPS) is 6.67. The second-order valence-electron chi connectivity index (χ2n) is 1.63. The molecule has 0 spiro atoms. The number of aromatic nitrogens is 2. The molecular formula is C9H11N2Ru. The van der Waals surface area contributed by atoms with Crippen LogP contribution in [0.2, 0.25) is 0 Å². The van der Waals surface area contributed by atoms with Gasteiger partial charge in [-0.2, -0.15) is 36.7 Å². The van der Waals surface area contributed by atoms with Crippen molar-refractivity contribution in [2.75, 3.05) is 0 Å². The molecule has 2 aromatic rings. The Labute approximate surface area is 86.2 Å². The molecule has 2 N–H and O–H groups in total. The molecule has 0 unspecified atom stereocenters. The molecule has 12 heavy (non-hydrogen) atoms. The van der Waals surface area contributed by atoms with Crippen molar-refractivity contribution >= 4 is 0 Å². The van der Waals surface area contributed by atoms with Gasteiger partial charge < -0.3 is 17.4 Å². The molecule has 2 rings (SSSR count). The first-order valence-electron chi connectivity index (χ1n) is 2.99. The second kappa shape index (κ2) is 10.2. The Morgan fingerprint density at radius 2 is 1.25 bits per heavy atom. The Kier molecular flexibility index (Phi) is 11.7. The molecule has 0 aliphatic heterocycles. The largest absolute Gasteiger partial charge is 3.00 e. The van der Waals surface area contributed by atoms with Gasteiger partial charge in [-0.05, 0) is 0 Å². The van der Waals surface area contributed by atoms with Crippen LogP contribution in [0.15, 0.2) is 36.7 Å². The fourth-order valence-corrected chi connectivity index (χ4v) is 0.481. The van der Waals surface area contributed by atoms with Crippen LogP contribution < -0.4 is 0 Å². The predicted octanol–water partition coefficient (Wildman–Crippen LogP) is 2.08. The van der Waals surface area contributed by atoms with Crippen LogP contribution in [0.1, 0.15) is 0 Å². The molecule has 0 amide bonds. The van der Waals surface area contributed by atoms with E-state index < -0.39 is 0 Å². The van der Waals surface area contributed by atoms with Crippen molar-refractivity contribution < 1.29 is 19.5 Å². The Balaban J connectivity index is 0. The average Bonchev–Trinajstić information content (AvgIpc) is 2.67. The quantitative estimate of drug-likeness (QED) is 0.528. The Bertz CT molecular complexity index is 152. The van der Waals surface area contributed by atoms with Gasteiger partial charge in [0.15, 0.2) is 0 Å². The van der Waals surface area contributed by atoms with Gasteiger partial charge in [0.25, 0.3) is 0 Å². The minimum Gasteiger partial charge on any atom is -0.484 e. The Morgan fingerprint density at radius 1 is 0.833 bits per heavy atom. The first-order valence-corrected chi connectivity index (χ1v) is 2.99. The molecule has 0 aromatic carbocycles. The summed E-state index contributed by atoms with van der Waals surface area (Å²) in [6.45, 7) is 0. The number of hydrogen-bond donors (Lipinski definition) is 2. The minimum absolute atomic E-state index is 0. The number of aromatic amines is 2. The maximum absolute atomic E-state index is 2.74. The van der Waals surface area contributed by atoms with Crippen LogP contribution in [0.4, 0.5) is 0 Å². The monoisotopic (exact) mass is 249 g/mol. The standard InChI is InChI=1S/2C4H4N.CH3.Ru/c2*1-2-4-5-3-1;;/h2*1-3,5H;1H3;/q3*-1;+3. The molecule has 0 aliphatic carbocycles. The summed E-state index contributed by atoms with van der Waals surface area (Å²) in [5, 5.41) is 0. The topological polar surface area (TPSA) is 31.6 Å². The van der Waals surface area contributed by atoms with Crippen molar-refractivity contribution in [2.24, 2.45) is 0 Å². The third kappa shape index (κ3) is 7.29. The van der Waals surface area contributed by atoms with Crippen LogP contribution >= 0.6 is 0 Å². The van der Waals surface area contributed by atoms with Crippen molar-refractivity contribution in [1.29, 1.82) is 0 Å². The molecule has 0 atom stereocenters. The molecule has 0 aliphatic rings. The summed E-state index contributed by atoms with van der Waals surface area (Å²) in [6.07, 6.45) is 9.11. The van der Waals surface area contributed by atoms with Gasteiger partial charge >= 0.3 is 19.5 Å². The van der Waals surface area contributed by atoms with Gasteiger partial charge in [0.1, 0.15) is 0 Å². The van der Waals surface area contributed by atoms with E-state index in [-0.39, 0.29) is 26.9 Å². The summed E-state index contributed by atoms with van der Waals surface area (Å²) in [7, 11) is 0. The Morgan fingerprint density at radius 3 is 1.33 bits per heavy atom. The van der Waals surface area contributed by atoms with Crippen LogP contribution in [-0.2, 0) is 19.5 Å². The molecular weight excluding hydrogens is 237 g/mol. The summed E-state index contributed by atoms with van der Waals surface area (Å²) in [4.78, 5) is 5.47. The molecule has 2 nitrogen and oxygen atoms in total. The summed E-state index contributed by atoms with van der Waals surface area (Å²) in [5.74, 6) is 0. The van der Waals surface area contributed by atoms with E-state index >= 15 is 0 Å². The molecule has 1 radical (unpaired) electrons. The van der Waals surface area contributed by atoms with E-state index in [9.17, 15) is 0 Å². The molecule has 0 saturated heterocycles. The van der Waals surface area contributed by atoms with E-state index in [0.29, 0.717) is 0 Å². The van der Waals surface area contributed by atoms with Gasteiger partial charge in [0.2, 0.25) is 0 Å². The fraction of sp³-hybridized carbons (Fsp3) is 0. The SMILES string of the molecule is [CH3-].[Ru+3].[c-]1ccc[nH]1.[c-]1ccc[nH]1. The molecule has 0 saturated carbocycles. The first-order chi connectivity index (χ1) is 5.00. The van der Waals surface area contributed by atoms with E-state index in [0.717, 1.165) is 0 Å². The molecule has 65 valence electrons. The van der Waals surface area contributed by atoms with Crippen LogP contribution in [0.5, 0.6) is 0 Å². The number of H-pyrrole nitrogens is 2. The average molecular weight is 248 g/mol. The zero-order valence-electron chi connectivity index (χ0n) is 6.82. The summed E-state index contributed by atoms with van der Waals surface area (Å²) >= 11 is 0. The molecule has 3 heteroatoms. The van der Waals surface area contributed by atoms with Gasteiger partial charge in [0, 0.05) is 0 Å². The zero-order chi connectivity index (χ0) is 7.07. The van der Waals surface area contributed by atoms with Crippen molar-refractivity contribution in [2.45, 2.75) is 0 Å². The van der Waals surface area contributed by atoms with Crippen LogP contribution in [0.25, 0.3) is 0 Å². The van der Waals surface area contributed by atoms with E-state index in [1.807, 2.05) is 36.7 Å². The number of nitrogens with one attached hydrogen (secondary N) is 2. The molecule has 0 fully saturated rings. The van der Waals surface area contributed by atoms with E-state index in [4.69, 9.17) is 0 Å². The van der Waals surface area contributed by atoms with Crippen LogP contribution in [0.3, 0.4) is 0 Å². The van der Waals surface area contributed by atoms with Crippen molar-refractivity contribution in [3.8, 4) is 0 Å². The maximum Gasteiger partial charge on any atom is 3.00 e. The van der Waals surface area contributed by atoms with Crippen LogP contribution in [0, 0.1) is 19.8 Å². The first kappa shape index (κ1) is 13.8. The minimum atomic E-state index is 0. The molecule has 2 aromatic heterocycles. The van der Waals surface area contributed by atoms with E-state index in [2.05, 4.69) is 22.4 Å². The third-order valence-electron chi connectivity index (χ3n) is 0.885. The van der Waals surface area contributed by atoms with Gasteiger partial charge in [0.05, 0.1) is 0 Å². The molecule has 0 bridgehead atoms. The fourth-order valence-electron chi connectivity index (χ4n) is 0.481. The number of rotatable bonds is 0. The summed E-state index contributed by atoms with van der Waals surface area (Å²) < 4.78 is 0. The second-order valence-corrected chi connectivity index (χ2v) is 1.63. The van der Waals surface area contributed by atoms with Gasteiger partial charge in [-0.1, -0.05) is 0 Å². The van der Waals surface area contributed by atoms with Gasteiger partial charge in [-0.15, -0.1) is 12.4 Å². The van der Waals surface area contributed by atoms with Gasteiger partial charge in [-0.3, -0.25) is 0 Å². The van der Waals surface area contributed by atoms with E-state index in [1.54, 1.807) is 0 Å². The number of hydrogen-bond acceptors (Lipinski definition) is 0. The molecule has 2 heterocycles. The third-order valence-corrected chi connectivity index (χ3v) is 0.885. The zero-order valence-corrected chi connectivity index (χ0v) is 8.56. The van der Waals surface area contributed by atoms with Crippen molar-refractivity contribution in [1.82, 2.24) is 9.97 Å². The Hall–Kier alpha value is -0.817. The summed E-state index contributed by atoms with van der Waals surface area (Å²) in [5.41, 5.74) is 0. The summed E-state index contributed by atoms with van der Waals surface area (Å²) in [6, 6.07) is 7.42.